The summed E-state index contributed by atoms with van der Waals surface area (Å²) in [7, 11) is 1.47. The second kappa shape index (κ2) is 4.97. The second-order valence-electron chi connectivity index (χ2n) is 4.76. The molecule has 0 aromatic carbocycles. The van der Waals surface area contributed by atoms with Crippen molar-refractivity contribution in [3.05, 3.63) is 0 Å². The molecular formula is C12H21NO2. The van der Waals surface area contributed by atoms with Crippen LogP contribution in [0, 0.1) is 5.92 Å². The molecule has 15 heavy (non-hydrogen) atoms. The van der Waals surface area contributed by atoms with E-state index >= 15 is 0 Å². The number of nitrogens with zero attached hydrogens (tertiary/aromatic N) is 1. The van der Waals surface area contributed by atoms with Gasteiger partial charge in [0.2, 0.25) is 0 Å². The highest BCUT2D eigenvalue weighted by molar-refractivity contribution is 5.69. The summed E-state index contributed by atoms with van der Waals surface area (Å²) in [6.07, 6.45) is 7.42. The van der Waals surface area contributed by atoms with Crippen molar-refractivity contribution < 1.29 is 9.53 Å². The molecule has 2 aliphatic rings. The molecule has 0 amide bonds. The van der Waals surface area contributed by atoms with Crippen LogP contribution in [0.4, 0.5) is 0 Å². The molecule has 0 bridgehead atoms. The molecule has 2 unspecified atom stereocenters. The predicted molar refractivity (Wildman–Crippen MR) is 58.6 cm³/mol. The fraction of sp³-hybridized carbons (Fsp3) is 0.917. The number of fused-ring (bicyclic) bond motifs is 1. The van der Waals surface area contributed by atoms with E-state index in [4.69, 9.17) is 0 Å². The first kappa shape index (κ1) is 10.9. The van der Waals surface area contributed by atoms with Gasteiger partial charge in [-0.2, -0.15) is 0 Å². The third-order valence-corrected chi connectivity index (χ3v) is 3.96. The smallest absolute Gasteiger partial charge is 0.306 e. The molecule has 1 aliphatic carbocycles. The van der Waals surface area contributed by atoms with Crippen LogP contribution in [0.3, 0.4) is 0 Å². The molecule has 2 rings (SSSR count). The first-order valence-corrected chi connectivity index (χ1v) is 6.12. The van der Waals surface area contributed by atoms with Crippen LogP contribution < -0.4 is 0 Å². The van der Waals surface area contributed by atoms with Gasteiger partial charge in [-0.3, -0.25) is 9.69 Å². The summed E-state index contributed by atoms with van der Waals surface area (Å²) in [5.41, 5.74) is 0. The Hall–Kier alpha value is -0.570. The maximum absolute atomic E-state index is 11.1. The lowest BCUT2D eigenvalue weighted by atomic mass is 9.85. The first-order chi connectivity index (χ1) is 7.31. The Kier molecular flexibility index (Phi) is 3.62. The minimum absolute atomic E-state index is 0.0748. The van der Waals surface area contributed by atoms with E-state index in [2.05, 4.69) is 9.64 Å². The maximum atomic E-state index is 11.1. The molecule has 3 heteroatoms. The Balaban J connectivity index is 1.80. The average Bonchev–Trinajstić information content (AvgIpc) is 2.69. The number of hydrogen-bond donors (Lipinski definition) is 0. The van der Waals surface area contributed by atoms with Gasteiger partial charge < -0.3 is 4.74 Å². The van der Waals surface area contributed by atoms with Gasteiger partial charge in [-0.15, -0.1) is 0 Å². The van der Waals surface area contributed by atoms with Crippen molar-refractivity contribution in [3.63, 3.8) is 0 Å². The summed E-state index contributed by atoms with van der Waals surface area (Å²) in [4.78, 5) is 13.6. The topological polar surface area (TPSA) is 29.5 Å². The number of hydrogen-bond acceptors (Lipinski definition) is 3. The predicted octanol–water partition coefficient (Wildman–Crippen LogP) is 1.81. The lowest BCUT2D eigenvalue weighted by molar-refractivity contribution is -0.141. The number of likely N-dealkylation sites (tertiary alicyclic amines) is 1. The normalized spacial score (nSPS) is 31.3. The van der Waals surface area contributed by atoms with Gasteiger partial charge >= 0.3 is 5.97 Å². The first-order valence-electron chi connectivity index (χ1n) is 6.12. The van der Waals surface area contributed by atoms with E-state index in [9.17, 15) is 4.79 Å². The number of rotatable bonds is 3. The fourth-order valence-corrected chi connectivity index (χ4v) is 3.12. The van der Waals surface area contributed by atoms with Gasteiger partial charge in [-0.1, -0.05) is 12.8 Å². The molecule has 0 radical (unpaired) electrons. The molecule has 0 spiro atoms. The van der Waals surface area contributed by atoms with Crippen LogP contribution in [0.5, 0.6) is 0 Å². The zero-order valence-corrected chi connectivity index (χ0v) is 9.58. The van der Waals surface area contributed by atoms with E-state index < -0.39 is 0 Å². The van der Waals surface area contributed by atoms with Crippen molar-refractivity contribution in [3.8, 4) is 0 Å². The monoisotopic (exact) mass is 211 g/mol. The lowest BCUT2D eigenvalue weighted by Crippen LogP contribution is -2.36. The van der Waals surface area contributed by atoms with E-state index in [0.29, 0.717) is 6.42 Å². The molecule has 1 saturated heterocycles. The molecule has 0 aromatic heterocycles. The molecule has 0 N–H and O–H groups in total. The number of methoxy groups -OCH3 is 1. The Morgan fingerprint density at radius 1 is 1.33 bits per heavy atom. The van der Waals surface area contributed by atoms with Crippen molar-refractivity contribution in [1.29, 1.82) is 0 Å². The lowest BCUT2D eigenvalue weighted by Gasteiger charge is -2.31. The summed E-state index contributed by atoms with van der Waals surface area (Å²) in [6, 6.07) is 0.767. The van der Waals surface area contributed by atoms with Gasteiger partial charge in [-0.25, -0.2) is 0 Å². The standard InChI is InChI=1S/C12H21NO2/c1-15-12(14)7-9-13-8-6-10-4-2-3-5-11(10)13/h10-11H,2-9H2,1H3. The molecule has 2 atom stereocenters. The molecule has 86 valence electrons. The minimum Gasteiger partial charge on any atom is -0.469 e. The van der Waals surface area contributed by atoms with Crippen molar-refractivity contribution in [2.45, 2.75) is 44.6 Å². The minimum atomic E-state index is -0.0748. The number of esters is 1. The van der Waals surface area contributed by atoms with E-state index in [1.54, 1.807) is 0 Å². The van der Waals surface area contributed by atoms with Crippen LogP contribution in [-0.4, -0.2) is 37.1 Å². The van der Waals surface area contributed by atoms with Crippen LogP contribution in [0.15, 0.2) is 0 Å². The van der Waals surface area contributed by atoms with Crippen LogP contribution in [0.2, 0.25) is 0 Å². The Morgan fingerprint density at radius 2 is 2.13 bits per heavy atom. The van der Waals surface area contributed by atoms with E-state index in [0.717, 1.165) is 18.5 Å². The molecule has 0 aromatic rings. The van der Waals surface area contributed by atoms with Gasteiger partial charge in [0.05, 0.1) is 13.5 Å². The SMILES string of the molecule is COC(=O)CCN1CCC2CCCCC21. The van der Waals surface area contributed by atoms with Crippen LogP contribution in [0.25, 0.3) is 0 Å². The summed E-state index contributed by atoms with van der Waals surface area (Å²) >= 11 is 0. The van der Waals surface area contributed by atoms with Gasteiger partial charge in [0, 0.05) is 12.6 Å². The largest absolute Gasteiger partial charge is 0.469 e. The second-order valence-corrected chi connectivity index (χ2v) is 4.76. The average molecular weight is 211 g/mol. The molecule has 1 saturated carbocycles. The highest BCUT2D eigenvalue weighted by Crippen LogP contribution is 2.35. The zero-order valence-electron chi connectivity index (χ0n) is 9.58. The Labute approximate surface area is 91.8 Å². The van der Waals surface area contributed by atoms with Crippen molar-refractivity contribution in [1.82, 2.24) is 4.90 Å². The van der Waals surface area contributed by atoms with Crippen LogP contribution in [-0.2, 0) is 9.53 Å². The van der Waals surface area contributed by atoms with Crippen molar-refractivity contribution in [2.75, 3.05) is 20.2 Å². The molecule has 1 aliphatic heterocycles. The maximum Gasteiger partial charge on any atom is 0.306 e. The van der Waals surface area contributed by atoms with E-state index in [-0.39, 0.29) is 5.97 Å². The summed E-state index contributed by atoms with van der Waals surface area (Å²) in [5, 5.41) is 0. The molecular weight excluding hydrogens is 190 g/mol. The van der Waals surface area contributed by atoms with Crippen molar-refractivity contribution in [2.24, 2.45) is 5.92 Å². The number of carbonyl (C=O) groups excluding carboxylic acids is 1. The quantitative estimate of drug-likeness (QED) is 0.667. The van der Waals surface area contributed by atoms with Gasteiger partial charge in [0.1, 0.15) is 0 Å². The Bertz CT molecular complexity index is 230. The molecule has 3 nitrogen and oxygen atoms in total. The summed E-state index contributed by atoms with van der Waals surface area (Å²) in [6.45, 7) is 2.08. The number of carbonyl (C=O) groups is 1. The summed E-state index contributed by atoms with van der Waals surface area (Å²) in [5.74, 6) is 0.839. The zero-order chi connectivity index (χ0) is 10.7. The number of ether oxygens (including phenoxy) is 1. The molecule has 2 fully saturated rings. The van der Waals surface area contributed by atoms with Crippen molar-refractivity contribution >= 4 is 5.97 Å². The van der Waals surface area contributed by atoms with E-state index in [1.807, 2.05) is 0 Å². The van der Waals surface area contributed by atoms with Crippen LogP contribution in [0.1, 0.15) is 38.5 Å². The van der Waals surface area contributed by atoms with Crippen LogP contribution >= 0.6 is 0 Å². The summed E-state index contributed by atoms with van der Waals surface area (Å²) < 4.78 is 4.68. The van der Waals surface area contributed by atoms with E-state index in [1.165, 1.54) is 45.8 Å². The van der Waals surface area contributed by atoms with Gasteiger partial charge in [0.25, 0.3) is 0 Å². The third kappa shape index (κ3) is 2.51. The fourth-order valence-electron chi connectivity index (χ4n) is 3.12. The Morgan fingerprint density at radius 3 is 2.93 bits per heavy atom. The van der Waals surface area contributed by atoms with Gasteiger partial charge in [0.15, 0.2) is 0 Å². The third-order valence-electron chi connectivity index (χ3n) is 3.96. The van der Waals surface area contributed by atoms with Gasteiger partial charge in [-0.05, 0) is 31.7 Å². The molecule has 1 heterocycles. The highest BCUT2D eigenvalue weighted by Gasteiger charge is 2.35. The highest BCUT2D eigenvalue weighted by atomic mass is 16.5.